The normalized spacial score (nSPS) is 32.9. The zero-order valence-corrected chi connectivity index (χ0v) is 27.7. The number of rotatable bonds is 13. The van der Waals surface area contributed by atoms with Gasteiger partial charge in [0.25, 0.3) is 0 Å². The minimum absolute atomic E-state index is 0.103. The summed E-state index contributed by atoms with van der Waals surface area (Å²) in [5.41, 5.74) is 3.17. The molecule has 2 N–H and O–H groups in total. The lowest BCUT2D eigenvalue weighted by atomic mass is 9.60. The monoisotopic (exact) mass is 608 g/mol. The summed E-state index contributed by atoms with van der Waals surface area (Å²) in [5.74, 6) is 2.99. The van der Waals surface area contributed by atoms with Crippen molar-refractivity contribution in [1.82, 2.24) is 10.1 Å². The Bertz CT molecular complexity index is 1230. The fourth-order valence-electron chi connectivity index (χ4n) is 8.87. The van der Waals surface area contributed by atoms with Gasteiger partial charge in [-0.1, -0.05) is 63.6 Å². The summed E-state index contributed by atoms with van der Waals surface area (Å²) in [6.45, 7) is 13.2. The van der Waals surface area contributed by atoms with Gasteiger partial charge in [-0.05, 0) is 111 Å². The quantitative estimate of drug-likeness (QED) is 0.221. The molecular weight excluding hydrogens is 552 g/mol. The van der Waals surface area contributed by atoms with Crippen LogP contribution in [-0.2, 0) is 21.4 Å². The van der Waals surface area contributed by atoms with Gasteiger partial charge in [0.2, 0.25) is 5.89 Å². The number of aromatic nitrogens is 2. The van der Waals surface area contributed by atoms with E-state index in [2.05, 4.69) is 51.6 Å². The minimum atomic E-state index is -0.653. The summed E-state index contributed by atoms with van der Waals surface area (Å²) in [5, 5.41) is 24.7. The van der Waals surface area contributed by atoms with Gasteiger partial charge >= 0.3 is 5.97 Å². The number of ether oxygens (including phenoxy) is 1. The summed E-state index contributed by atoms with van der Waals surface area (Å²) in [4.78, 5) is 17.7. The van der Waals surface area contributed by atoms with E-state index in [9.17, 15) is 15.0 Å². The Hall–Kier alpha value is -2.25. The predicted octanol–water partition coefficient (Wildman–Crippen LogP) is 7.71. The summed E-state index contributed by atoms with van der Waals surface area (Å²) in [6, 6.07) is 0. The van der Waals surface area contributed by atoms with E-state index in [1.165, 1.54) is 31.3 Å². The molecule has 0 unspecified atom stereocenters. The first-order valence-electron chi connectivity index (χ1n) is 17.6. The number of hydrogen-bond acceptors (Lipinski definition) is 7. The highest BCUT2D eigenvalue weighted by Gasteiger charge is 2.57. The van der Waals surface area contributed by atoms with Crippen molar-refractivity contribution in [2.75, 3.05) is 0 Å². The maximum atomic E-state index is 12.9. The zero-order chi connectivity index (χ0) is 31.5. The first-order valence-corrected chi connectivity index (χ1v) is 17.6. The second-order valence-corrected chi connectivity index (χ2v) is 14.7. The van der Waals surface area contributed by atoms with Gasteiger partial charge in [0.05, 0.1) is 17.6 Å². The van der Waals surface area contributed by atoms with Crippen molar-refractivity contribution in [2.24, 2.45) is 23.2 Å². The maximum absolute atomic E-state index is 12.9. The average Bonchev–Trinajstić information content (AvgIpc) is 3.52. The molecule has 1 aromatic heterocycles. The Balaban J connectivity index is 1.28. The second kappa shape index (κ2) is 14.0. The van der Waals surface area contributed by atoms with Gasteiger partial charge in [-0.25, -0.2) is 0 Å². The third kappa shape index (κ3) is 6.94. The lowest BCUT2D eigenvalue weighted by Gasteiger charge is -2.44. The van der Waals surface area contributed by atoms with Gasteiger partial charge in [-0.3, -0.25) is 4.79 Å². The Kier molecular flexibility index (Phi) is 10.6. The number of allylic oxidation sites excluding steroid dienone is 3. The Labute approximate surface area is 264 Å². The van der Waals surface area contributed by atoms with Crippen LogP contribution < -0.4 is 0 Å². The van der Waals surface area contributed by atoms with Crippen LogP contribution >= 0.6 is 0 Å². The van der Waals surface area contributed by atoms with E-state index in [0.717, 1.165) is 74.8 Å². The van der Waals surface area contributed by atoms with Gasteiger partial charge in [0, 0.05) is 19.3 Å². The molecule has 4 saturated carbocycles. The van der Waals surface area contributed by atoms with Crippen LogP contribution in [0, 0.1) is 23.2 Å². The van der Waals surface area contributed by atoms with Crippen LogP contribution in [0.1, 0.15) is 136 Å². The van der Waals surface area contributed by atoms with Crippen LogP contribution in [0.15, 0.2) is 40.0 Å². The molecule has 7 heteroatoms. The number of aryl methyl sites for hydroxylation is 1. The third-order valence-electron chi connectivity index (χ3n) is 11.7. The second-order valence-electron chi connectivity index (χ2n) is 14.7. The first kappa shape index (κ1) is 33.1. The molecule has 4 aliphatic carbocycles. The molecular formula is C37H56N2O5. The summed E-state index contributed by atoms with van der Waals surface area (Å²) >= 11 is 0. The summed E-state index contributed by atoms with van der Waals surface area (Å²) < 4.78 is 12.0. The Morgan fingerprint density at radius 3 is 2.68 bits per heavy atom. The van der Waals surface area contributed by atoms with Crippen LogP contribution in [0.3, 0.4) is 0 Å². The van der Waals surface area contributed by atoms with Crippen LogP contribution in [0.4, 0.5) is 0 Å². The molecule has 0 saturated heterocycles. The number of nitrogens with zero attached hydrogens (tertiary/aromatic N) is 2. The molecule has 1 heterocycles. The van der Waals surface area contributed by atoms with E-state index in [0.29, 0.717) is 42.9 Å². The molecule has 4 fully saturated rings. The number of fused-ring (bicyclic) bond motifs is 1. The number of aliphatic hydroxyl groups is 2. The van der Waals surface area contributed by atoms with Crippen molar-refractivity contribution in [1.29, 1.82) is 0 Å². The minimum Gasteiger partial charge on any atom is -0.461 e. The van der Waals surface area contributed by atoms with Gasteiger partial charge in [0.15, 0.2) is 5.82 Å². The maximum Gasteiger partial charge on any atom is 0.306 e. The molecule has 0 aromatic carbocycles. The SMILES string of the molecule is C=C1/C(=C\C=C2/CCC[C@]3(C)[C@@H]([C@H](C)CC[C@@H](OC(=O)CCCC)C4(c5nc(CCC)no5)CC4)CC[C@@H]23)C[C@@H](O)C[C@@H]1O. The van der Waals surface area contributed by atoms with Crippen molar-refractivity contribution in [2.45, 2.75) is 154 Å². The molecule has 0 aliphatic heterocycles. The molecule has 0 radical (unpaired) electrons. The summed E-state index contributed by atoms with van der Waals surface area (Å²) in [6.07, 6.45) is 17.7. The lowest BCUT2D eigenvalue weighted by Crippen LogP contribution is -2.37. The fourth-order valence-corrected chi connectivity index (χ4v) is 8.87. The van der Waals surface area contributed by atoms with Gasteiger partial charge in [-0.15, -0.1) is 0 Å². The van der Waals surface area contributed by atoms with E-state index >= 15 is 0 Å². The highest BCUT2D eigenvalue weighted by atomic mass is 16.5. The largest absolute Gasteiger partial charge is 0.461 e. The molecule has 1 aromatic rings. The van der Waals surface area contributed by atoms with Crippen LogP contribution in [0.25, 0.3) is 0 Å². The number of unbranched alkanes of at least 4 members (excludes halogenated alkanes) is 1. The highest BCUT2D eigenvalue weighted by Crippen LogP contribution is 2.60. The fraction of sp³-hybridized carbons (Fsp3) is 0.757. The number of carbonyl (C=O) groups excluding carboxylic acids is 1. The Morgan fingerprint density at radius 1 is 1.16 bits per heavy atom. The third-order valence-corrected chi connectivity index (χ3v) is 11.7. The molecule has 244 valence electrons. The average molecular weight is 609 g/mol. The van der Waals surface area contributed by atoms with Crippen molar-refractivity contribution in [3.8, 4) is 0 Å². The molecule has 0 spiro atoms. The van der Waals surface area contributed by atoms with Crippen molar-refractivity contribution in [3.05, 3.63) is 47.2 Å². The van der Waals surface area contributed by atoms with E-state index < -0.39 is 12.2 Å². The van der Waals surface area contributed by atoms with Crippen LogP contribution in [-0.4, -0.2) is 44.6 Å². The number of carbonyl (C=O) groups is 1. The molecule has 5 rings (SSSR count). The molecule has 44 heavy (non-hydrogen) atoms. The van der Waals surface area contributed by atoms with Gasteiger partial charge in [0.1, 0.15) is 6.10 Å². The predicted molar refractivity (Wildman–Crippen MR) is 172 cm³/mol. The van der Waals surface area contributed by atoms with Crippen LogP contribution in [0.2, 0.25) is 0 Å². The number of aliphatic hydroxyl groups excluding tert-OH is 2. The van der Waals surface area contributed by atoms with E-state index in [1.54, 1.807) is 0 Å². The molecule has 4 aliphatic rings. The smallest absolute Gasteiger partial charge is 0.306 e. The van der Waals surface area contributed by atoms with Crippen molar-refractivity contribution >= 4 is 5.97 Å². The van der Waals surface area contributed by atoms with Crippen LogP contribution in [0.5, 0.6) is 0 Å². The van der Waals surface area contributed by atoms with Crippen molar-refractivity contribution in [3.63, 3.8) is 0 Å². The lowest BCUT2D eigenvalue weighted by molar-refractivity contribution is -0.152. The van der Waals surface area contributed by atoms with E-state index in [1.807, 2.05) is 0 Å². The standard InChI is InChI=1S/C37H56N2O5/c1-6-8-12-34(42)43-32(37(20-21-37)35-38-33(10-7-2)39-44-35)18-13-24(3)29-16-17-30-26(11-9-19-36(29,30)5)14-15-27-22-28(40)23-31(41)25(27)4/h14-15,24,28-32,40-41H,4,6-13,16-23H2,1-3,5H3/b26-14+,27-15-/t24-,28-,29-,30+,31+,32-,36-/m1/s1. The molecule has 0 bridgehead atoms. The summed E-state index contributed by atoms with van der Waals surface area (Å²) in [7, 11) is 0. The van der Waals surface area contributed by atoms with Gasteiger partial charge in [-0.2, -0.15) is 4.98 Å². The number of esters is 1. The highest BCUT2D eigenvalue weighted by molar-refractivity contribution is 5.69. The van der Waals surface area contributed by atoms with E-state index in [4.69, 9.17) is 14.2 Å². The number of hydrogen-bond donors (Lipinski definition) is 2. The van der Waals surface area contributed by atoms with Gasteiger partial charge < -0.3 is 19.5 Å². The molecule has 7 atom stereocenters. The topological polar surface area (TPSA) is 106 Å². The zero-order valence-electron chi connectivity index (χ0n) is 27.7. The molecule has 7 nitrogen and oxygen atoms in total. The first-order chi connectivity index (χ1) is 21.1. The Morgan fingerprint density at radius 2 is 1.95 bits per heavy atom. The van der Waals surface area contributed by atoms with E-state index in [-0.39, 0.29) is 22.9 Å². The molecule has 0 amide bonds. The van der Waals surface area contributed by atoms with Crippen molar-refractivity contribution < 1.29 is 24.3 Å².